The summed E-state index contributed by atoms with van der Waals surface area (Å²) in [5.74, 6) is 0.637. The Labute approximate surface area is 98.5 Å². The Hall–Kier alpha value is -1.61. The van der Waals surface area contributed by atoms with E-state index in [4.69, 9.17) is 4.74 Å². The number of rotatable bonds is 3. The minimum Gasteiger partial charge on any atom is -0.496 e. The Kier molecular flexibility index (Phi) is 3.06. The molecular formula is C13H12O2S. The van der Waals surface area contributed by atoms with Gasteiger partial charge in [0.2, 0.25) is 0 Å². The Morgan fingerprint density at radius 1 is 1.31 bits per heavy atom. The van der Waals surface area contributed by atoms with Gasteiger partial charge < -0.3 is 4.74 Å². The van der Waals surface area contributed by atoms with Crippen LogP contribution in [0.2, 0.25) is 0 Å². The first-order chi connectivity index (χ1) is 7.72. The molecule has 2 aromatic rings. The van der Waals surface area contributed by atoms with Crippen LogP contribution >= 0.6 is 11.3 Å². The molecule has 0 radical (unpaired) electrons. The highest BCUT2D eigenvalue weighted by Gasteiger charge is 2.14. The van der Waals surface area contributed by atoms with Crippen LogP contribution in [0.25, 0.3) is 0 Å². The second-order valence-electron chi connectivity index (χ2n) is 3.48. The number of ketones is 1. The molecule has 0 aliphatic rings. The van der Waals surface area contributed by atoms with Gasteiger partial charge in [-0.25, -0.2) is 0 Å². The third-order valence-corrected chi connectivity index (χ3v) is 3.21. The lowest BCUT2D eigenvalue weighted by atomic mass is 10.1. The van der Waals surface area contributed by atoms with Gasteiger partial charge in [-0.1, -0.05) is 12.1 Å². The zero-order valence-corrected chi connectivity index (χ0v) is 10.0. The topological polar surface area (TPSA) is 26.3 Å². The molecular weight excluding hydrogens is 220 g/mol. The number of aryl methyl sites for hydroxylation is 1. The number of carbonyl (C=O) groups is 1. The van der Waals surface area contributed by atoms with Crippen molar-refractivity contribution in [1.29, 1.82) is 0 Å². The van der Waals surface area contributed by atoms with E-state index < -0.39 is 0 Å². The molecule has 0 unspecified atom stereocenters. The fourth-order valence-electron chi connectivity index (χ4n) is 1.55. The van der Waals surface area contributed by atoms with Gasteiger partial charge in [-0.15, -0.1) is 11.3 Å². The van der Waals surface area contributed by atoms with Gasteiger partial charge in [0.1, 0.15) is 5.75 Å². The van der Waals surface area contributed by atoms with E-state index in [0.29, 0.717) is 11.3 Å². The van der Waals surface area contributed by atoms with E-state index in [1.165, 1.54) is 0 Å². The largest absolute Gasteiger partial charge is 0.496 e. The van der Waals surface area contributed by atoms with Crippen molar-refractivity contribution >= 4 is 17.1 Å². The molecule has 1 aromatic carbocycles. The van der Waals surface area contributed by atoms with Crippen molar-refractivity contribution in [3.8, 4) is 5.75 Å². The first kappa shape index (κ1) is 10.9. The highest BCUT2D eigenvalue weighted by Crippen LogP contribution is 2.23. The van der Waals surface area contributed by atoms with Gasteiger partial charge in [0.05, 0.1) is 12.7 Å². The predicted octanol–water partition coefficient (Wildman–Crippen LogP) is 3.30. The van der Waals surface area contributed by atoms with Gasteiger partial charge in [0.25, 0.3) is 0 Å². The fourth-order valence-corrected chi connectivity index (χ4v) is 2.23. The van der Waals surface area contributed by atoms with Gasteiger partial charge in [-0.2, -0.15) is 0 Å². The molecule has 1 aromatic heterocycles. The summed E-state index contributed by atoms with van der Waals surface area (Å²) in [6, 6.07) is 9.18. The number of ether oxygens (including phenoxy) is 1. The summed E-state index contributed by atoms with van der Waals surface area (Å²) in [5.41, 5.74) is 1.34. The summed E-state index contributed by atoms with van der Waals surface area (Å²) >= 11 is 1.58. The molecule has 16 heavy (non-hydrogen) atoms. The SMILES string of the molecule is COc1ccccc1C(=O)c1csc(C)c1. The molecule has 1 heterocycles. The van der Waals surface area contributed by atoms with E-state index in [9.17, 15) is 4.79 Å². The molecule has 0 amide bonds. The molecule has 0 aliphatic heterocycles. The van der Waals surface area contributed by atoms with Crippen LogP contribution in [0.15, 0.2) is 35.7 Å². The molecule has 2 rings (SSSR count). The molecule has 0 spiro atoms. The third-order valence-electron chi connectivity index (χ3n) is 2.34. The smallest absolute Gasteiger partial charge is 0.197 e. The minimum atomic E-state index is 0.0156. The third kappa shape index (κ3) is 1.99. The Balaban J connectivity index is 2.41. The number of benzene rings is 1. The second-order valence-corrected chi connectivity index (χ2v) is 4.59. The molecule has 0 N–H and O–H groups in total. The van der Waals surface area contributed by atoms with E-state index in [1.807, 2.05) is 30.5 Å². The first-order valence-electron chi connectivity index (χ1n) is 4.95. The molecule has 0 saturated heterocycles. The van der Waals surface area contributed by atoms with Crippen LogP contribution in [0.3, 0.4) is 0 Å². The van der Waals surface area contributed by atoms with Crippen LogP contribution in [0, 0.1) is 6.92 Å². The fraction of sp³-hybridized carbons (Fsp3) is 0.154. The van der Waals surface area contributed by atoms with Crippen molar-refractivity contribution in [2.24, 2.45) is 0 Å². The van der Waals surface area contributed by atoms with Crippen LogP contribution in [0.4, 0.5) is 0 Å². The lowest BCUT2D eigenvalue weighted by molar-refractivity contribution is 0.103. The standard InChI is InChI=1S/C13H12O2S/c1-9-7-10(8-16-9)13(14)11-5-3-4-6-12(11)15-2/h3-8H,1-2H3. The predicted molar refractivity (Wildman–Crippen MR) is 65.5 cm³/mol. The van der Waals surface area contributed by atoms with Gasteiger partial charge in [-0.05, 0) is 25.1 Å². The molecule has 0 bridgehead atoms. The number of thiophene rings is 1. The molecule has 0 saturated carbocycles. The monoisotopic (exact) mass is 232 g/mol. The maximum atomic E-state index is 12.2. The van der Waals surface area contributed by atoms with Gasteiger partial charge in [-0.3, -0.25) is 4.79 Å². The van der Waals surface area contributed by atoms with Crippen molar-refractivity contribution < 1.29 is 9.53 Å². The van der Waals surface area contributed by atoms with Crippen molar-refractivity contribution in [3.05, 3.63) is 51.7 Å². The van der Waals surface area contributed by atoms with E-state index in [-0.39, 0.29) is 5.78 Å². The maximum Gasteiger partial charge on any atom is 0.197 e. The summed E-state index contributed by atoms with van der Waals surface area (Å²) < 4.78 is 5.18. The molecule has 0 aliphatic carbocycles. The van der Waals surface area contributed by atoms with Crippen molar-refractivity contribution in [3.63, 3.8) is 0 Å². The Morgan fingerprint density at radius 3 is 2.69 bits per heavy atom. The quantitative estimate of drug-likeness (QED) is 0.759. The van der Waals surface area contributed by atoms with Crippen LogP contribution in [0.1, 0.15) is 20.8 Å². The Morgan fingerprint density at radius 2 is 2.06 bits per heavy atom. The van der Waals surface area contributed by atoms with E-state index in [1.54, 1.807) is 30.6 Å². The van der Waals surface area contributed by atoms with Crippen molar-refractivity contribution in [2.45, 2.75) is 6.92 Å². The zero-order chi connectivity index (χ0) is 11.5. The first-order valence-corrected chi connectivity index (χ1v) is 5.83. The summed E-state index contributed by atoms with van der Waals surface area (Å²) in [4.78, 5) is 13.3. The van der Waals surface area contributed by atoms with E-state index in [2.05, 4.69) is 0 Å². The van der Waals surface area contributed by atoms with E-state index >= 15 is 0 Å². The van der Waals surface area contributed by atoms with Crippen LogP contribution < -0.4 is 4.74 Å². The number of carbonyl (C=O) groups excluding carboxylic acids is 1. The molecule has 82 valence electrons. The number of para-hydroxylation sites is 1. The molecule has 3 heteroatoms. The molecule has 2 nitrogen and oxygen atoms in total. The lowest BCUT2D eigenvalue weighted by Crippen LogP contribution is -2.02. The number of hydrogen-bond donors (Lipinski definition) is 0. The van der Waals surface area contributed by atoms with Gasteiger partial charge in [0, 0.05) is 15.8 Å². The zero-order valence-electron chi connectivity index (χ0n) is 9.19. The molecule has 0 atom stereocenters. The average Bonchev–Trinajstić information content (AvgIpc) is 2.75. The maximum absolute atomic E-state index is 12.2. The second kappa shape index (κ2) is 4.49. The van der Waals surface area contributed by atoms with Gasteiger partial charge in [0.15, 0.2) is 5.78 Å². The summed E-state index contributed by atoms with van der Waals surface area (Å²) in [5, 5.41) is 1.88. The molecule has 0 fully saturated rings. The van der Waals surface area contributed by atoms with Crippen molar-refractivity contribution in [1.82, 2.24) is 0 Å². The van der Waals surface area contributed by atoms with Crippen LogP contribution in [-0.4, -0.2) is 12.9 Å². The highest BCUT2D eigenvalue weighted by molar-refractivity contribution is 7.10. The van der Waals surface area contributed by atoms with Crippen LogP contribution in [0.5, 0.6) is 5.75 Å². The van der Waals surface area contributed by atoms with Gasteiger partial charge >= 0.3 is 0 Å². The normalized spacial score (nSPS) is 10.1. The number of hydrogen-bond acceptors (Lipinski definition) is 3. The Bertz CT molecular complexity index is 514. The highest BCUT2D eigenvalue weighted by atomic mass is 32.1. The lowest BCUT2D eigenvalue weighted by Gasteiger charge is -2.05. The summed E-state index contributed by atoms with van der Waals surface area (Å²) in [7, 11) is 1.57. The minimum absolute atomic E-state index is 0.0156. The average molecular weight is 232 g/mol. The van der Waals surface area contributed by atoms with E-state index in [0.717, 1.165) is 10.4 Å². The summed E-state index contributed by atoms with van der Waals surface area (Å²) in [6.07, 6.45) is 0. The summed E-state index contributed by atoms with van der Waals surface area (Å²) in [6.45, 7) is 1.99. The number of methoxy groups -OCH3 is 1. The van der Waals surface area contributed by atoms with Crippen LogP contribution in [-0.2, 0) is 0 Å². The van der Waals surface area contributed by atoms with Crippen molar-refractivity contribution in [2.75, 3.05) is 7.11 Å².